The number of hydrogen-bond donors (Lipinski definition) is 2. The van der Waals surface area contributed by atoms with Crippen LogP contribution in [0.25, 0.3) is 0 Å². The fraction of sp³-hybridized carbons (Fsp3) is 0.857. The molecule has 5 nitrogen and oxygen atoms in total. The summed E-state index contributed by atoms with van der Waals surface area (Å²) in [5.74, 6) is 0.290. The molecule has 5 heteroatoms. The van der Waals surface area contributed by atoms with Crippen molar-refractivity contribution in [2.45, 2.75) is 39.0 Å². The second-order valence-corrected chi connectivity index (χ2v) is 6.10. The Balaban J connectivity index is 1.54. The van der Waals surface area contributed by atoms with Crippen LogP contribution in [-0.2, 0) is 14.3 Å². The van der Waals surface area contributed by atoms with Gasteiger partial charge in [-0.25, -0.2) is 0 Å². The van der Waals surface area contributed by atoms with Crippen LogP contribution in [0, 0.1) is 11.3 Å². The molecule has 1 aliphatic heterocycles. The van der Waals surface area contributed by atoms with Crippen LogP contribution >= 0.6 is 0 Å². The first-order chi connectivity index (χ1) is 9.09. The van der Waals surface area contributed by atoms with Gasteiger partial charge in [-0.15, -0.1) is 0 Å². The third-order valence-electron chi connectivity index (χ3n) is 3.99. The minimum atomic E-state index is -0.000142. The maximum absolute atomic E-state index is 11.7. The van der Waals surface area contributed by atoms with Crippen molar-refractivity contribution >= 4 is 11.8 Å². The Morgan fingerprint density at radius 2 is 1.89 bits per heavy atom. The number of ether oxygens (including phenoxy) is 1. The third-order valence-corrected chi connectivity index (χ3v) is 3.99. The molecule has 0 unspecified atom stereocenters. The summed E-state index contributed by atoms with van der Waals surface area (Å²) in [6.07, 6.45) is 4.65. The molecule has 0 aromatic carbocycles. The summed E-state index contributed by atoms with van der Waals surface area (Å²) >= 11 is 0. The zero-order valence-corrected chi connectivity index (χ0v) is 11.7. The van der Waals surface area contributed by atoms with Crippen LogP contribution in [0.3, 0.4) is 0 Å². The summed E-state index contributed by atoms with van der Waals surface area (Å²) in [6, 6.07) is 0. The Morgan fingerprint density at radius 1 is 1.21 bits per heavy atom. The van der Waals surface area contributed by atoms with Gasteiger partial charge in [-0.05, 0) is 12.8 Å². The van der Waals surface area contributed by atoms with Gasteiger partial charge in [0.05, 0.1) is 13.2 Å². The van der Waals surface area contributed by atoms with E-state index in [0.29, 0.717) is 32.7 Å². The van der Waals surface area contributed by atoms with Gasteiger partial charge in [0.25, 0.3) is 0 Å². The molecule has 108 valence electrons. The van der Waals surface area contributed by atoms with E-state index < -0.39 is 0 Å². The first kappa shape index (κ1) is 14.3. The lowest BCUT2D eigenvalue weighted by atomic mass is 9.89. The summed E-state index contributed by atoms with van der Waals surface area (Å²) in [5.41, 5.74) is 0.1000. The lowest BCUT2D eigenvalue weighted by molar-refractivity contribution is -0.127. The third kappa shape index (κ3) is 4.20. The minimum absolute atomic E-state index is 0.000142. The zero-order chi connectivity index (χ0) is 13.7. The SMILES string of the molecule is CC1(CNC(=O)CCNC(=O)C2CCCC2)COC1. The van der Waals surface area contributed by atoms with Gasteiger partial charge in [0.2, 0.25) is 11.8 Å². The first-order valence-corrected chi connectivity index (χ1v) is 7.21. The number of carbonyl (C=O) groups excluding carboxylic acids is 2. The van der Waals surface area contributed by atoms with E-state index in [0.717, 1.165) is 25.7 Å². The normalized spacial score (nSPS) is 21.7. The van der Waals surface area contributed by atoms with Gasteiger partial charge in [0.15, 0.2) is 0 Å². The molecule has 0 spiro atoms. The van der Waals surface area contributed by atoms with E-state index in [4.69, 9.17) is 4.74 Å². The highest BCUT2D eigenvalue weighted by Gasteiger charge is 2.33. The predicted molar refractivity (Wildman–Crippen MR) is 71.5 cm³/mol. The lowest BCUT2D eigenvalue weighted by Gasteiger charge is -2.38. The maximum atomic E-state index is 11.7. The largest absolute Gasteiger partial charge is 0.380 e. The van der Waals surface area contributed by atoms with Gasteiger partial charge in [-0.1, -0.05) is 19.8 Å². The zero-order valence-electron chi connectivity index (χ0n) is 11.7. The number of nitrogens with one attached hydrogen (secondary N) is 2. The average Bonchev–Trinajstić information content (AvgIpc) is 2.87. The Bertz CT molecular complexity index is 334. The molecule has 2 N–H and O–H groups in total. The van der Waals surface area contributed by atoms with Gasteiger partial charge in [-0.2, -0.15) is 0 Å². The van der Waals surface area contributed by atoms with Crippen molar-refractivity contribution in [2.24, 2.45) is 11.3 Å². The number of amides is 2. The van der Waals surface area contributed by atoms with E-state index in [1.165, 1.54) is 0 Å². The summed E-state index contributed by atoms with van der Waals surface area (Å²) in [4.78, 5) is 23.4. The number of carbonyl (C=O) groups is 2. The average molecular weight is 268 g/mol. The summed E-state index contributed by atoms with van der Waals surface area (Å²) in [7, 11) is 0. The van der Waals surface area contributed by atoms with Crippen LogP contribution in [0.5, 0.6) is 0 Å². The Morgan fingerprint density at radius 3 is 2.47 bits per heavy atom. The quantitative estimate of drug-likeness (QED) is 0.750. The van der Waals surface area contributed by atoms with Crippen molar-refractivity contribution in [1.82, 2.24) is 10.6 Å². The molecule has 2 rings (SSSR count). The van der Waals surface area contributed by atoms with Crippen LogP contribution in [-0.4, -0.2) is 38.1 Å². The second-order valence-electron chi connectivity index (χ2n) is 6.10. The van der Waals surface area contributed by atoms with Crippen molar-refractivity contribution in [3.63, 3.8) is 0 Å². The fourth-order valence-corrected chi connectivity index (χ4v) is 2.58. The smallest absolute Gasteiger partial charge is 0.223 e. The molecule has 1 aliphatic carbocycles. The topological polar surface area (TPSA) is 67.4 Å². The highest BCUT2D eigenvalue weighted by Crippen LogP contribution is 2.25. The highest BCUT2D eigenvalue weighted by atomic mass is 16.5. The molecule has 0 aromatic rings. The van der Waals surface area contributed by atoms with Gasteiger partial charge in [-0.3, -0.25) is 9.59 Å². The van der Waals surface area contributed by atoms with Crippen molar-refractivity contribution < 1.29 is 14.3 Å². The molecule has 1 saturated carbocycles. The Hall–Kier alpha value is -1.10. The van der Waals surface area contributed by atoms with Crippen molar-refractivity contribution in [1.29, 1.82) is 0 Å². The number of hydrogen-bond acceptors (Lipinski definition) is 3. The summed E-state index contributed by atoms with van der Waals surface area (Å²) in [6.45, 7) is 4.62. The monoisotopic (exact) mass is 268 g/mol. The standard InChI is InChI=1S/C14H24N2O3/c1-14(9-19-10-14)8-16-12(17)6-7-15-13(18)11-4-2-3-5-11/h11H,2-10H2,1H3,(H,15,18)(H,16,17). The van der Waals surface area contributed by atoms with Crippen molar-refractivity contribution in [3.05, 3.63) is 0 Å². The molecule has 2 amide bonds. The van der Waals surface area contributed by atoms with Crippen molar-refractivity contribution in [3.8, 4) is 0 Å². The maximum Gasteiger partial charge on any atom is 0.223 e. The molecule has 1 heterocycles. The summed E-state index contributed by atoms with van der Waals surface area (Å²) < 4.78 is 5.13. The molecule has 0 atom stereocenters. The molecule has 1 saturated heterocycles. The van der Waals surface area contributed by atoms with E-state index in [-0.39, 0.29) is 23.1 Å². The minimum Gasteiger partial charge on any atom is -0.380 e. The van der Waals surface area contributed by atoms with Crippen LogP contribution in [0.1, 0.15) is 39.0 Å². The first-order valence-electron chi connectivity index (χ1n) is 7.21. The second kappa shape index (κ2) is 6.37. The number of rotatable bonds is 6. The fourth-order valence-electron chi connectivity index (χ4n) is 2.58. The van der Waals surface area contributed by atoms with Gasteiger partial charge in [0.1, 0.15) is 0 Å². The molecule has 0 bridgehead atoms. The van der Waals surface area contributed by atoms with Gasteiger partial charge in [0, 0.05) is 30.8 Å². The molecule has 0 radical (unpaired) electrons. The lowest BCUT2D eigenvalue weighted by Crippen LogP contribution is -2.48. The van der Waals surface area contributed by atoms with E-state index in [1.807, 2.05) is 0 Å². The molecule has 2 aliphatic rings. The van der Waals surface area contributed by atoms with Crippen LogP contribution in [0.4, 0.5) is 0 Å². The summed E-state index contributed by atoms with van der Waals surface area (Å²) in [5, 5.41) is 5.75. The highest BCUT2D eigenvalue weighted by molar-refractivity contribution is 5.80. The Labute approximate surface area is 114 Å². The van der Waals surface area contributed by atoms with Crippen molar-refractivity contribution in [2.75, 3.05) is 26.3 Å². The van der Waals surface area contributed by atoms with Crippen LogP contribution < -0.4 is 10.6 Å². The molecule has 2 fully saturated rings. The molecular weight excluding hydrogens is 244 g/mol. The predicted octanol–water partition coefficient (Wildman–Crippen LogP) is 0.836. The van der Waals surface area contributed by atoms with Crippen LogP contribution in [0.2, 0.25) is 0 Å². The van der Waals surface area contributed by atoms with E-state index >= 15 is 0 Å². The Kier molecular flexibility index (Phi) is 4.80. The van der Waals surface area contributed by atoms with E-state index in [9.17, 15) is 9.59 Å². The van der Waals surface area contributed by atoms with Crippen LogP contribution in [0.15, 0.2) is 0 Å². The van der Waals surface area contributed by atoms with Gasteiger partial charge < -0.3 is 15.4 Å². The van der Waals surface area contributed by atoms with Gasteiger partial charge >= 0.3 is 0 Å². The molecule has 19 heavy (non-hydrogen) atoms. The molecular formula is C14H24N2O3. The van der Waals surface area contributed by atoms with E-state index in [2.05, 4.69) is 17.6 Å². The van der Waals surface area contributed by atoms with E-state index in [1.54, 1.807) is 0 Å². The molecule has 0 aromatic heterocycles.